The van der Waals surface area contributed by atoms with Crippen LogP contribution in [0.5, 0.6) is 0 Å². The van der Waals surface area contributed by atoms with Crippen LogP contribution in [0.4, 0.5) is 5.69 Å². The smallest absolute Gasteiger partial charge is 0.328 e. The maximum Gasteiger partial charge on any atom is 0.328 e. The largest absolute Gasteiger partial charge is 0.480 e. The Kier molecular flexibility index (Phi) is 2.87. The molecule has 13 heavy (non-hydrogen) atoms. The Hall–Kier alpha value is -1.55. The molecule has 4 nitrogen and oxygen atoms in total. The molecule has 70 valence electrons. The number of aliphatic carboxylic acids is 1. The molecule has 0 aliphatic heterocycles. The van der Waals surface area contributed by atoms with E-state index in [-0.39, 0.29) is 0 Å². The van der Waals surface area contributed by atoms with E-state index < -0.39 is 12.0 Å². The van der Waals surface area contributed by atoms with Gasteiger partial charge in [-0.1, -0.05) is 18.2 Å². The average Bonchev–Trinajstić information content (AvgIpc) is 2.17. The number of hydrogen-bond acceptors (Lipinski definition) is 3. The SMILES string of the molecule is C[C@@H](C(=O)O)N(O)c1ccccc1. The zero-order valence-corrected chi connectivity index (χ0v) is 7.21. The van der Waals surface area contributed by atoms with Crippen LogP contribution in [-0.4, -0.2) is 22.3 Å². The molecule has 0 saturated heterocycles. The van der Waals surface area contributed by atoms with Crippen molar-refractivity contribution in [1.29, 1.82) is 0 Å². The summed E-state index contributed by atoms with van der Waals surface area (Å²) >= 11 is 0. The topological polar surface area (TPSA) is 60.8 Å². The predicted molar refractivity (Wildman–Crippen MR) is 47.8 cm³/mol. The highest BCUT2D eigenvalue weighted by Gasteiger charge is 2.18. The number of para-hydroxylation sites is 1. The standard InChI is InChI=1S/C9H11NO3/c1-7(9(11)12)10(13)8-5-3-2-4-6-8/h2-7,13H,1H3,(H,11,12)/t7-/m0/s1. The molecule has 1 rings (SSSR count). The van der Waals surface area contributed by atoms with Crippen molar-refractivity contribution >= 4 is 11.7 Å². The number of nitrogens with zero attached hydrogens (tertiary/aromatic N) is 1. The molecule has 0 spiro atoms. The van der Waals surface area contributed by atoms with Gasteiger partial charge in [0, 0.05) is 0 Å². The molecule has 0 aliphatic carbocycles. The van der Waals surface area contributed by atoms with E-state index in [9.17, 15) is 10.0 Å². The van der Waals surface area contributed by atoms with Crippen LogP contribution in [0.2, 0.25) is 0 Å². The molecular formula is C9H11NO3. The summed E-state index contributed by atoms with van der Waals surface area (Å²) in [4.78, 5) is 10.5. The van der Waals surface area contributed by atoms with Crippen LogP contribution in [-0.2, 0) is 4.79 Å². The molecule has 0 unspecified atom stereocenters. The van der Waals surface area contributed by atoms with Crippen LogP contribution in [0, 0.1) is 0 Å². The molecule has 4 heteroatoms. The fraction of sp³-hybridized carbons (Fsp3) is 0.222. The second-order valence-corrected chi connectivity index (χ2v) is 2.69. The lowest BCUT2D eigenvalue weighted by molar-refractivity contribution is -0.139. The van der Waals surface area contributed by atoms with E-state index in [4.69, 9.17) is 5.11 Å². The highest BCUT2D eigenvalue weighted by atomic mass is 16.5. The molecule has 1 atom stereocenters. The number of benzene rings is 1. The first-order valence-corrected chi connectivity index (χ1v) is 3.89. The average molecular weight is 181 g/mol. The fourth-order valence-electron chi connectivity index (χ4n) is 0.909. The van der Waals surface area contributed by atoms with Crippen molar-refractivity contribution < 1.29 is 15.1 Å². The second kappa shape index (κ2) is 3.91. The van der Waals surface area contributed by atoms with Crippen LogP contribution >= 0.6 is 0 Å². The van der Waals surface area contributed by atoms with E-state index in [1.54, 1.807) is 30.3 Å². The summed E-state index contributed by atoms with van der Waals surface area (Å²) in [5, 5.41) is 18.7. The highest BCUT2D eigenvalue weighted by Crippen LogP contribution is 2.13. The summed E-state index contributed by atoms with van der Waals surface area (Å²) in [5.41, 5.74) is 0.470. The number of carbonyl (C=O) groups is 1. The van der Waals surface area contributed by atoms with Crippen molar-refractivity contribution in [3.63, 3.8) is 0 Å². The molecule has 0 saturated carbocycles. The highest BCUT2D eigenvalue weighted by molar-refractivity contribution is 5.76. The Bertz CT molecular complexity index is 286. The number of rotatable bonds is 3. The van der Waals surface area contributed by atoms with Gasteiger partial charge in [-0.3, -0.25) is 5.21 Å². The monoisotopic (exact) mass is 181 g/mol. The number of hydrogen-bond donors (Lipinski definition) is 2. The summed E-state index contributed by atoms with van der Waals surface area (Å²) < 4.78 is 0. The van der Waals surface area contributed by atoms with E-state index in [1.807, 2.05) is 0 Å². The molecule has 2 N–H and O–H groups in total. The van der Waals surface area contributed by atoms with Crippen LogP contribution in [0.15, 0.2) is 30.3 Å². The molecule has 0 aliphatic rings. The maximum absolute atomic E-state index is 10.5. The van der Waals surface area contributed by atoms with Gasteiger partial charge in [-0.2, -0.15) is 0 Å². The van der Waals surface area contributed by atoms with Crippen LogP contribution in [0.3, 0.4) is 0 Å². The van der Waals surface area contributed by atoms with Gasteiger partial charge in [0.2, 0.25) is 0 Å². The quantitative estimate of drug-likeness (QED) is 0.691. The summed E-state index contributed by atoms with van der Waals surface area (Å²) in [6, 6.07) is 7.59. The van der Waals surface area contributed by atoms with Crippen molar-refractivity contribution in [3.8, 4) is 0 Å². The third-order valence-electron chi connectivity index (χ3n) is 1.74. The van der Waals surface area contributed by atoms with Gasteiger partial charge in [0.1, 0.15) is 0 Å². The van der Waals surface area contributed by atoms with Crippen molar-refractivity contribution in [2.75, 3.05) is 5.06 Å². The van der Waals surface area contributed by atoms with Gasteiger partial charge in [-0.25, -0.2) is 9.86 Å². The minimum Gasteiger partial charge on any atom is -0.480 e. The number of hydroxylamine groups is 1. The lowest BCUT2D eigenvalue weighted by atomic mass is 10.2. The molecule has 0 amide bonds. The summed E-state index contributed by atoms with van der Waals surface area (Å²) in [6.07, 6.45) is 0. The van der Waals surface area contributed by atoms with Crippen LogP contribution in [0.1, 0.15) is 6.92 Å². The molecule has 0 bridgehead atoms. The van der Waals surface area contributed by atoms with E-state index in [2.05, 4.69) is 0 Å². The maximum atomic E-state index is 10.5. The van der Waals surface area contributed by atoms with Crippen LogP contribution < -0.4 is 5.06 Å². The van der Waals surface area contributed by atoms with Gasteiger partial charge in [0.25, 0.3) is 0 Å². The van der Waals surface area contributed by atoms with Gasteiger partial charge >= 0.3 is 5.97 Å². The first-order valence-electron chi connectivity index (χ1n) is 3.89. The normalized spacial score (nSPS) is 12.2. The summed E-state index contributed by atoms with van der Waals surface area (Å²) in [7, 11) is 0. The number of carboxylic acid groups (broad SMARTS) is 1. The van der Waals surface area contributed by atoms with Gasteiger partial charge in [-0.15, -0.1) is 0 Å². The lowest BCUT2D eigenvalue weighted by Gasteiger charge is -2.20. The molecule has 0 radical (unpaired) electrons. The molecule has 1 aromatic carbocycles. The minimum atomic E-state index is -1.06. The minimum absolute atomic E-state index is 0.470. The van der Waals surface area contributed by atoms with Crippen LogP contribution in [0.25, 0.3) is 0 Å². The zero-order chi connectivity index (χ0) is 9.84. The third kappa shape index (κ3) is 2.19. The van der Waals surface area contributed by atoms with Crippen molar-refractivity contribution in [2.24, 2.45) is 0 Å². The van der Waals surface area contributed by atoms with E-state index in [0.29, 0.717) is 5.69 Å². The van der Waals surface area contributed by atoms with E-state index >= 15 is 0 Å². The first-order chi connectivity index (χ1) is 6.13. The second-order valence-electron chi connectivity index (χ2n) is 2.69. The van der Waals surface area contributed by atoms with Gasteiger partial charge in [0.05, 0.1) is 5.69 Å². The van der Waals surface area contributed by atoms with Gasteiger partial charge in [0.15, 0.2) is 6.04 Å². The number of carboxylic acids is 1. The predicted octanol–water partition coefficient (Wildman–Crippen LogP) is 1.36. The number of anilines is 1. The van der Waals surface area contributed by atoms with Gasteiger partial charge in [-0.05, 0) is 19.1 Å². The summed E-state index contributed by atoms with van der Waals surface area (Å²) in [6.45, 7) is 1.41. The zero-order valence-electron chi connectivity index (χ0n) is 7.21. The molecular weight excluding hydrogens is 170 g/mol. The van der Waals surface area contributed by atoms with Gasteiger partial charge < -0.3 is 5.11 Å². The Morgan fingerprint density at radius 2 is 1.92 bits per heavy atom. The lowest BCUT2D eigenvalue weighted by Crippen LogP contribution is -2.36. The third-order valence-corrected chi connectivity index (χ3v) is 1.74. The Labute approximate surface area is 76.0 Å². The Balaban J connectivity index is 2.79. The molecule has 0 aromatic heterocycles. The van der Waals surface area contributed by atoms with E-state index in [1.165, 1.54) is 6.92 Å². The Morgan fingerprint density at radius 1 is 1.38 bits per heavy atom. The van der Waals surface area contributed by atoms with Crippen molar-refractivity contribution in [3.05, 3.63) is 30.3 Å². The van der Waals surface area contributed by atoms with Crippen molar-refractivity contribution in [1.82, 2.24) is 0 Å². The Morgan fingerprint density at radius 3 is 2.38 bits per heavy atom. The first kappa shape index (κ1) is 9.54. The molecule has 1 aromatic rings. The van der Waals surface area contributed by atoms with Crippen molar-refractivity contribution in [2.45, 2.75) is 13.0 Å². The fourth-order valence-corrected chi connectivity index (χ4v) is 0.909. The summed E-state index contributed by atoms with van der Waals surface area (Å²) in [5.74, 6) is -1.06. The molecule has 0 fully saturated rings. The molecule has 0 heterocycles. The van der Waals surface area contributed by atoms with E-state index in [0.717, 1.165) is 5.06 Å².